The predicted molar refractivity (Wildman–Crippen MR) is 72.1 cm³/mol. The van der Waals surface area contributed by atoms with Crippen molar-refractivity contribution in [1.82, 2.24) is 0 Å². The summed E-state index contributed by atoms with van der Waals surface area (Å²) in [5.74, 6) is 0. The smallest absolute Gasteiger partial charge is 0.0451 e. The Bertz CT molecular complexity index is 462. The number of anilines is 1. The fraction of sp³-hybridized carbons (Fsp3) is 0.562. The Balaban J connectivity index is 2.25. The summed E-state index contributed by atoms with van der Waals surface area (Å²) in [7, 11) is 0. The summed E-state index contributed by atoms with van der Waals surface area (Å²) in [4.78, 5) is 0. The van der Waals surface area contributed by atoms with Gasteiger partial charge in [0.2, 0.25) is 0 Å². The minimum atomic E-state index is 0.110. The monoisotopic (exact) mass is 227 g/mol. The molecule has 1 aliphatic heterocycles. The largest absolute Gasteiger partial charge is 0.379 e. The van der Waals surface area contributed by atoms with Gasteiger partial charge < -0.3 is 5.32 Å². The van der Waals surface area contributed by atoms with E-state index >= 15 is 0 Å². The molecule has 1 aliphatic carbocycles. The van der Waals surface area contributed by atoms with E-state index in [2.05, 4.69) is 63.7 Å². The van der Waals surface area contributed by atoms with Crippen molar-refractivity contribution >= 4 is 5.69 Å². The highest BCUT2D eigenvalue weighted by Crippen LogP contribution is 2.62. The van der Waals surface area contributed by atoms with Crippen LogP contribution in [0.5, 0.6) is 0 Å². The zero-order valence-corrected chi connectivity index (χ0v) is 11.2. The summed E-state index contributed by atoms with van der Waals surface area (Å²) in [5.41, 5.74) is 3.34. The van der Waals surface area contributed by atoms with Gasteiger partial charge in [-0.2, -0.15) is 0 Å². The highest BCUT2D eigenvalue weighted by atomic mass is 15.1. The van der Waals surface area contributed by atoms with E-state index in [1.807, 2.05) is 0 Å². The molecule has 1 aromatic carbocycles. The molecule has 0 aromatic heterocycles. The van der Waals surface area contributed by atoms with E-state index in [-0.39, 0.29) is 16.4 Å². The molecule has 0 amide bonds. The van der Waals surface area contributed by atoms with Crippen molar-refractivity contribution in [2.24, 2.45) is 5.41 Å². The van der Waals surface area contributed by atoms with Crippen molar-refractivity contribution in [3.05, 3.63) is 36.2 Å². The first-order chi connectivity index (χ1) is 7.91. The van der Waals surface area contributed by atoms with Crippen LogP contribution in [0.1, 0.15) is 46.1 Å². The quantitative estimate of drug-likeness (QED) is 0.705. The number of hydrogen-bond donors (Lipinski definition) is 1. The molecule has 1 N–H and O–H groups in total. The fourth-order valence-corrected chi connectivity index (χ4v) is 3.88. The van der Waals surface area contributed by atoms with Gasteiger partial charge in [-0.25, -0.2) is 0 Å². The molecule has 0 bridgehead atoms. The highest BCUT2D eigenvalue weighted by Gasteiger charge is 2.60. The second-order valence-corrected chi connectivity index (χ2v) is 6.62. The molecule has 2 aliphatic rings. The lowest BCUT2D eigenvalue weighted by molar-refractivity contribution is 0.0810. The molecule has 2 radical (unpaired) electrons. The minimum Gasteiger partial charge on any atom is -0.379 e. The Labute approximate surface area is 105 Å². The molecule has 3 rings (SSSR count). The molecular weight excluding hydrogens is 206 g/mol. The lowest BCUT2D eigenvalue weighted by atomic mass is 9.50. The average Bonchev–Trinajstić information content (AvgIpc) is 2.50. The van der Waals surface area contributed by atoms with Gasteiger partial charge in [-0.05, 0) is 43.2 Å². The maximum Gasteiger partial charge on any atom is 0.0451 e. The van der Waals surface area contributed by atoms with E-state index in [1.165, 1.54) is 11.3 Å². The van der Waals surface area contributed by atoms with E-state index in [4.69, 9.17) is 0 Å². The van der Waals surface area contributed by atoms with Gasteiger partial charge in [0.25, 0.3) is 0 Å². The number of fused-ring (bicyclic) bond motifs is 3. The zero-order valence-electron chi connectivity index (χ0n) is 11.2. The number of para-hydroxylation sites is 1. The zero-order chi connectivity index (χ0) is 12.3. The molecule has 1 heterocycles. The molecule has 1 saturated carbocycles. The second-order valence-electron chi connectivity index (χ2n) is 6.62. The van der Waals surface area contributed by atoms with Crippen LogP contribution >= 0.6 is 0 Å². The summed E-state index contributed by atoms with van der Waals surface area (Å²) < 4.78 is 0. The molecule has 1 aromatic rings. The number of benzene rings is 1. The third-order valence-corrected chi connectivity index (χ3v) is 5.38. The van der Waals surface area contributed by atoms with Gasteiger partial charge in [-0.3, -0.25) is 0 Å². The summed E-state index contributed by atoms with van der Waals surface area (Å²) in [6.45, 7) is 9.52. The van der Waals surface area contributed by atoms with E-state index in [9.17, 15) is 0 Å². The van der Waals surface area contributed by atoms with E-state index in [0.29, 0.717) is 0 Å². The van der Waals surface area contributed by atoms with E-state index < -0.39 is 0 Å². The molecule has 17 heavy (non-hydrogen) atoms. The van der Waals surface area contributed by atoms with Crippen molar-refractivity contribution in [3.8, 4) is 0 Å². The van der Waals surface area contributed by atoms with E-state index in [0.717, 1.165) is 12.8 Å². The minimum absolute atomic E-state index is 0.110. The maximum absolute atomic E-state index is 3.75. The van der Waals surface area contributed by atoms with Gasteiger partial charge in [-0.15, -0.1) is 0 Å². The number of nitrogens with one attached hydrogen (secondary N) is 1. The summed E-state index contributed by atoms with van der Waals surface area (Å²) >= 11 is 0. The van der Waals surface area contributed by atoms with Crippen LogP contribution in [0.3, 0.4) is 0 Å². The summed E-state index contributed by atoms with van der Waals surface area (Å²) in [5, 5.41) is 3.75. The van der Waals surface area contributed by atoms with Crippen LogP contribution in [0.4, 0.5) is 5.69 Å². The standard InChI is InChI=1S/C16H21N/c1-14(2)10-7-11-15(3)16(14,4)12-8-5-6-9-13(12)17-15/h5-6,8-9,17H,10-11H2,1-4H3. The Morgan fingerprint density at radius 2 is 1.76 bits per heavy atom. The molecule has 1 heteroatoms. The Morgan fingerprint density at radius 3 is 2.53 bits per heavy atom. The van der Waals surface area contributed by atoms with Crippen molar-refractivity contribution in [3.63, 3.8) is 0 Å². The lowest BCUT2D eigenvalue weighted by Gasteiger charge is -2.55. The first-order valence-electron chi connectivity index (χ1n) is 6.49. The molecular formula is C16H21N. The van der Waals surface area contributed by atoms with Crippen molar-refractivity contribution in [1.29, 1.82) is 0 Å². The fourth-order valence-electron chi connectivity index (χ4n) is 3.88. The van der Waals surface area contributed by atoms with Crippen LogP contribution in [0, 0.1) is 11.8 Å². The number of hydrogen-bond acceptors (Lipinski definition) is 1. The van der Waals surface area contributed by atoms with Gasteiger partial charge in [0.05, 0.1) is 0 Å². The summed E-state index contributed by atoms with van der Waals surface area (Å²) in [6, 6.07) is 8.78. The van der Waals surface area contributed by atoms with Gasteiger partial charge >= 0.3 is 0 Å². The Hall–Kier alpha value is -0.980. The van der Waals surface area contributed by atoms with Crippen LogP contribution in [0.25, 0.3) is 0 Å². The van der Waals surface area contributed by atoms with Crippen LogP contribution in [0.15, 0.2) is 24.3 Å². The Morgan fingerprint density at radius 1 is 1.06 bits per heavy atom. The molecule has 0 spiro atoms. The first kappa shape index (κ1) is 11.1. The average molecular weight is 227 g/mol. The molecule has 1 nitrogen and oxygen atoms in total. The highest BCUT2D eigenvalue weighted by molar-refractivity contribution is 5.65. The maximum atomic E-state index is 3.75. The van der Waals surface area contributed by atoms with Gasteiger partial charge in [-0.1, -0.05) is 39.0 Å². The number of rotatable bonds is 0. The second kappa shape index (κ2) is 3.07. The predicted octanol–water partition coefficient (Wildman–Crippen LogP) is 4.03. The Kier molecular flexibility index (Phi) is 2.01. The lowest BCUT2D eigenvalue weighted by Crippen LogP contribution is -2.59. The van der Waals surface area contributed by atoms with E-state index in [1.54, 1.807) is 0 Å². The third kappa shape index (κ3) is 1.15. The molecule has 2 atom stereocenters. The third-order valence-electron chi connectivity index (χ3n) is 5.38. The summed E-state index contributed by atoms with van der Waals surface area (Å²) in [6.07, 6.45) is 5.69. The normalized spacial score (nSPS) is 38.1. The topological polar surface area (TPSA) is 12.0 Å². The van der Waals surface area contributed by atoms with Crippen LogP contribution in [-0.2, 0) is 5.41 Å². The van der Waals surface area contributed by atoms with Crippen molar-refractivity contribution in [2.75, 3.05) is 5.32 Å². The first-order valence-corrected chi connectivity index (χ1v) is 6.49. The molecule has 1 fully saturated rings. The van der Waals surface area contributed by atoms with Crippen LogP contribution in [-0.4, -0.2) is 5.54 Å². The van der Waals surface area contributed by atoms with Gasteiger partial charge in [0.1, 0.15) is 0 Å². The molecule has 2 unspecified atom stereocenters. The van der Waals surface area contributed by atoms with Gasteiger partial charge in [0, 0.05) is 16.6 Å². The molecule has 0 saturated heterocycles. The molecule has 90 valence electrons. The van der Waals surface area contributed by atoms with Crippen LogP contribution in [0.2, 0.25) is 0 Å². The van der Waals surface area contributed by atoms with Crippen molar-refractivity contribution < 1.29 is 0 Å². The van der Waals surface area contributed by atoms with Crippen molar-refractivity contribution in [2.45, 2.75) is 51.5 Å². The van der Waals surface area contributed by atoms with Crippen LogP contribution < -0.4 is 5.32 Å². The van der Waals surface area contributed by atoms with Gasteiger partial charge in [0.15, 0.2) is 0 Å². The SMILES string of the molecule is CC1(C)C[C]CC2(C)Nc3ccccc3C12C.